The van der Waals surface area contributed by atoms with Crippen LogP contribution in [0, 0.1) is 27.1 Å². The van der Waals surface area contributed by atoms with Crippen molar-refractivity contribution in [1.29, 1.82) is 0 Å². The van der Waals surface area contributed by atoms with E-state index in [1.165, 1.54) is 11.1 Å². The number of allylic oxidation sites excluding steroid dienone is 16. The van der Waals surface area contributed by atoms with Gasteiger partial charge in [0.2, 0.25) is 0 Å². The Labute approximate surface area is 372 Å². The van der Waals surface area contributed by atoms with Gasteiger partial charge in [0.05, 0.1) is 0 Å². The van der Waals surface area contributed by atoms with Gasteiger partial charge in [-0.15, -0.1) is 0 Å². The van der Waals surface area contributed by atoms with E-state index in [1.54, 1.807) is 55.7 Å². The van der Waals surface area contributed by atoms with Crippen molar-refractivity contribution >= 4 is 21.9 Å². The second kappa shape index (κ2) is 14.3. The fourth-order valence-electron chi connectivity index (χ4n) is 14.2. The Kier molecular flexibility index (Phi) is 11.4. The summed E-state index contributed by atoms with van der Waals surface area (Å²) in [6.45, 7) is 40.5. The molecule has 4 heteroatoms. The molecule has 8 rings (SSSR count). The molecule has 0 nitrogen and oxygen atoms in total. The van der Waals surface area contributed by atoms with Crippen molar-refractivity contribution in [3.63, 3.8) is 0 Å². The van der Waals surface area contributed by atoms with Crippen molar-refractivity contribution in [2.24, 2.45) is 27.1 Å². The largest absolute Gasteiger partial charge is 0.0149 e. The Morgan fingerprint density at radius 3 is 1.12 bits per heavy atom. The van der Waals surface area contributed by atoms with Gasteiger partial charge in [0, 0.05) is 0 Å². The summed E-state index contributed by atoms with van der Waals surface area (Å²) >= 11 is -6.25. The van der Waals surface area contributed by atoms with E-state index in [4.69, 9.17) is 0 Å². The Morgan fingerprint density at radius 1 is 0.414 bits per heavy atom. The number of rotatable bonds is 9. The molecule has 0 bridgehead atoms. The van der Waals surface area contributed by atoms with Crippen LogP contribution in [0.1, 0.15) is 128 Å². The first-order valence-corrected chi connectivity index (χ1v) is 34.0. The zero-order valence-corrected chi connectivity index (χ0v) is 43.3. The van der Waals surface area contributed by atoms with E-state index < -0.39 is 40.5 Å². The number of hydrogen-bond acceptors (Lipinski definition) is 0. The monoisotopic (exact) mass is 962 g/mol. The summed E-state index contributed by atoms with van der Waals surface area (Å²) in [6.07, 6.45) is 3.22. The van der Waals surface area contributed by atoms with Crippen molar-refractivity contribution in [3.05, 3.63) is 147 Å². The van der Waals surface area contributed by atoms with E-state index in [2.05, 4.69) is 181 Å². The molecule has 0 aromatic heterocycles. The third-order valence-corrected chi connectivity index (χ3v) is 43.1. The normalized spacial score (nSPS) is 27.6. The Morgan fingerprint density at radius 2 is 0.741 bits per heavy atom. The molecule has 2 heterocycles. The van der Waals surface area contributed by atoms with Gasteiger partial charge in [-0.1, -0.05) is 0 Å². The van der Waals surface area contributed by atoms with E-state index >= 15 is 0 Å². The van der Waals surface area contributed by atoms with Crippen LogP contribution in [-0.2, 0) is 53.4 Å². The maximum atomic E-state index is 2.84. The molecule has 6 aliphatic rings. The molecule has 2 atom stereocenters. The molecule has 58 heavy (non-hydrogen) atoms. The minimum Gasteiger partial charge on any atom is -0.0149 e. The first-order valence-electron chi connectivity index (χ1n) is 21.7. The van der Waals surface area contributed by atoms with Gasteiger partial charge in [0.15, 0.2) is 0 Å². The van der Waals surface area contributed by atoms with Crippen LogP contribution < -0.4 is 0 Å². The van der Waals surface area contributed by atoms with Gasteiger partial charge in [0.1, 0.15) is 0 Å². The van der Waals surface area contributed by atoms with Crippen LogP contribution in [0.15, 0.2) is 136 Å². The second-order valence-corrected chi connectivity index (χ2v) is 40.1. The molecule has 0 N–H and O–H groups in total. The van der Waals surface area contributed by atoms with E-state index in [0.29, 0.717) is 0 Å². The Hall–Kier alpha value is -1.44. The van der Waals surface area contributed by atoms with Gasteiger partial charge in [-0.2, -0.15) is 0 Å². The van der Waals surface area contributed by atoms with Gasteiger partial charge in [-0.3, -0.25) is 0 Å². The quantitative estimate of drug-likeness (QED) is 0.220. The molecule has 4 aliphatic carbocycles. The van der Waals surface area contributed by atoms with Crippen LogP contribution >= 0.6 is 0 Å². The topological polar surface area (TPSA) is 0 Å². The Balaban J connectivity index is 0.00000283. The molecule has 0 amide bonds. The number of hydrogen-bond donors (Lipinski definition) is 0. The van der Waals surface area contributed by atoms with Gasteiger partial charge < -0.3 is 0 Å². The van der Waals surface area contributed by atoms with Crippen molar-refractivity contribution in [1.82, 2.24) is 0 Å². The molecule has 0 spiro atoms. The van der Waals surface area contributed by atoms with Crippen LogP contribution in [0.4, 0.5) is 0 Å². The van der Waals surface area contributed by atoms with Gasteiger partial charge in [0.25, 0.3) is 0 Å². The summed E-state index contributed by atoms with van der Waals surface area (Å²) < 4.78 is 17.0. The smallest absolute Gasteiger partial charge is 0.0149 e. The molecule has 0 saturated heterocycles. The fourth-order valence-corrected chi connectivity index (χ4v) is 51.5. The molecule has 2 unspecified atom stereocenters. The molecule has 0 fully saturated rings. The van der Waals surface area contributed by atoms with E-state index in [9.17, 15) is 0 Å². The molecular weight excluding hydrogens is 887 g/mol. The van der Waals surface area contributed by atoms with Gasteiger partial charge in [-0.05, 0) is 21.9 Å². The van der Waals surface area contributed by atoms with Crippen molar-refractivity contribution in [2.75, 3.05) is 0 Å². The minimum atomic E-state index is -3.18. The predicted molar refractivity (Wildman–Crippen MR) is 258 cm³/mol. The van der Waals surface area contributed by atoms with E-state index in [1.807, 2.05) is 19.7 Å². The molecule has 2 aromatic rings. The molecule has 0 saturated carbocycles. The Bertz CT molecular complexity index is 2370. The van der Waals surface area contributed by atoms with Crippen LogP contribution in [0.25, 0.3) is 0 Å². The SMILES string of the molecule is CC1=C(C)C(C)(C)[C]([Zr]2([CH3])[C]3=[C]2C(C)(C)C(C)=C3C)=C1CC(Cc1ccccc1)(Cc1ccccc1)C1=[C]([Zr]2([CH3])[C]3=[C]2C(C)(C)C(C)=C3C)C(C)(C)C(C)=C1C.[SiH4].[SiH4]. The van der Waals surface area contributed by atoms with E-state index in [-0.39, 0.29) is 49.0 Å². The van der Waals surface area contributed by atoms with Crippen LogP contribution in [-0.4, -0.2) is 21.9 Å². The first-order chi connectivity index (χ1) is 25.9. The zero-order chi connectivity index (χ0) is 41.1. The minimum absolute atomic E-state index is 0. The standard InChI is InChI=1S/C34H40.2C9H12.2CH3.2H4Si.2Zr/c1-24-26(3)32(5,6)21-30(24)22-34(19-28-15-11-9-12-16-28,20-29-17-13-10-14-18-29)31-23-33(7,8)27(4)25(31)2;2*1-7-5-6-9(3,4)8(7)2;;;;;;/h9-18H,19-20,22H2,1-8H3;2*1-4H3;2*1H3;2*1H4;;. The summed E-state index contributed by atoms with van der Waals surface area (Å²) in [6, 6.07) is 23.3. The zero-order valence-electron chi connectivity index (χ0n) is 38.4. The summed E-state index contributed by atoms with van der Waals surface area (Å²) in [5, 5.41) is 0. The van der Waals surface area contributed by atoms with Crippen LogP contribution in [0.5, 0.6) is 0 Å². The van der Waals surface area contributed by atoms with Crippen LogP contribution in [0.3, 0.4) is 0 Å². The fraction of sp³-hybridized carbons (Fsp3) is 0.481. The summed E-state index contributed by atoms with van der Waals surface area (Å²) in [5.74, 6) is 0. The third kappa shape index (κ3) is 5.85. The van der Waals surface area contributed by atoms with Gasteiger partial charge >= 0.3 is 354 Å². The summed E-state index contributed by atoms with van der Waals surface area (Å²) in [4.78, 5) is 0. The molecular formula is C54H78Si2Zr2. The summed E-state index contributed by atoms with van der Waals surface area (Å²) in [5.41, 5.74) is 19.8. The molecule has 2 aromatic carbocycles. The maximum Gasteiger partial charge on any atom is -0.0149 e. The van der Waals surface area contributed by atoms with Crippen molar-refractivity contribution < 1.29 is 40.5 Å². The third-order valence-electron chi connectivity index (χ3n) is 17.8. The van der Waals surface area contributed by atoms with Crippen molar-refractivity contribution in [2.45, 2.75) is 139 Å². The first kappa shape index (κ1) is 46.1. The predicted octanol–water partition coefficient (Wildman–Crippen LogP) is 12.8. The summed E-state index contributed by atoms with van der Waals surface area (Å²) in [7, 11) is 0. The molecule has 2 aliphatic heterocycles. The average Bonchev–Trinajstić information content (AvgIpc) is 3.88. The average molecular weight is 966 g/mol. The van der Waals surface area contributed by atoms with Crippen molar-refractivity contribution in [3.8, 4) is 0 Å². The second-order valence-electron chi connectivity index (χ2n) is 21.6. The van der Waals surface area contributed by atoms with Gasteiger partial charge in [-0.25, -0.2) is 0 Å². The number of benzene rings is 2. The van der Waals surface area contributed by atoms with E-state index in [0.717, 1.165) is 19.3 Å². The maximum absolute atomic E-state index is 3.18. The molecule has 0 radical (unpaired) electrons. The molecule has 310 valence electrons. The van der Waals surface area contributed by atoms with Crippen LogP contribution in [0.2, 0.25) is 9.26 Å².